The summed E-state index contributed by atoms with van der Waals surface area (Å²) in [6, 6.07) is 2.08. The molecule has 0 amide bonds. The molecule has 0 aromatic carbocycles. The van der Waals surface area contributed by atoms with Crippen LogP contribution in [0.3, 0.4) is 0 Å². The summed E-state index contributed by atoms with van der Waals surface area (Å²) in [4.78, 5) is 9.81. The van der Waals surface area contributed by atoms with Crippen LogP contribution in [0.5, 0.6) is 0 Å². The molecule has 0 atom stereocenters. The van der Waals surface area contributed by atoms with Crippen LogP contribution >= 0.6 is 27.3 Å². The van der Waals surface area contributed by atoms with Crippen LogP contribution in [0.2, 0.25) is 0 Å². The zero-order chi connectivity index (χ0) is 12.3. The van der Waals surface area contributed by atoms with Gasteiger partial charge in [-0.3, -0.25) is 4.98 Å². The Morgan fingerprint density at radius 1 is 1.41 bits per heavy atom. The van der Waals surface area contributed by atoms with Gasteiger partial charge in [0.05, 0.1) is 5.69 Å². The lowest BCUT2D eigenvalue weighted by Gasteiger charge is -2.01. The lowest BCUT2D eigenvalue weighted by molar-refractivity contribution is 0.879. The molecule has 90 valence electrons. The zero-order valence-corrected chi connectivity index (χ0v) is 12.0. The number of anilines is 1. The van der Waals surface area contributed by atoms with E-state index in [1.807, 2.05) is 6.20 Å². The van der Waals surface area contributed by atoms with Gasteiger partial charge in [0.1, 0.15) is 0 Å². The van der Waals surface area contributed by atoms with Crippen LogP contribution in [-0.2, 0) is 12.8 Å². The molecule has 2 heterocycles. The Morgan fingerprint density at radius 3 is 2.94 bits per heavy atom. The van der Waals surface area contributed by atoms with E-state index >= 15 is 0 Å². The molecule has 0 spiro atoms. The van der Waals surface area contributed by atoms with Crippen molar-refractivity contribution in [2.75, 3.05) is 5.73 Å². The van der Waals surface area contributed by atoms with Crippen molar-refractivity contribution >= 4 is 32.4 Å². The number of thiazole rings is 1. The van der Waals surface area contributed by atoms with Crippen LogP contribution in [0.4, 0.5) is 5.13 Å². The number of pyridine rings is 1. The number of hydrogen-bond acceptors (Lipinski definition) is 4. The maximum atomic E-state index is 5.78. The molecule has 0 bridgehead atoms. The van der Waals surface area contributed by atoms with Crippen LogP contribution in [0.15, 0.2) is 22.9 Å². The third kappa shape index (κ3) is 3.26. The van der Waals surface area contributed by atoms with Crippen molar-refractivity contribution in [3.63, 3.8) is 0 Å². The summed E-state index contributed by atoms with van der Waals surface area (Å²) >= 11 is 5.01. The van der Waals surface area contributed by atoms with Gasteiger partial charge in [0.2, 0.25) is 0 Å². The van der Waals surface area contributed by atoms with Gasteiger partial charge in [-0.2, -0.15) is 0 Å². The second-order valence-electron chi connectivity index (χ2n) is 3.86. The molecular formula is C12H14BrN3S. The Balaban J connectivity index is 2.23. The van der Waals surface area contributed by atoms with Crippen LogP contribution in [0, 0.1) is 0 Å². The summed E-state index contributed by atoms with van der Waals surface area (Å²) in [5.74, 6) is 0. The molecule has 5 heteroatoms. The smallest absolute Gasteiger partial charge is 0.180 e. The molecule has 2 aromatic rings. The highest BCUT2D eigenvalue weighted by atomic mass is 79.9. The van der Waals surface area contributed by atoms with E-state index in [1.54, 1.807) is 17.5 Å². The minimum atomic E-state index is 0.659. The summed E-state index contributed by atoms with van der Waals surface area (Å²) in [6.07, 6.45) is 6.61. The fraction of sp³-hybridized carbons (Fsp3) is 0.333. The third-order valence-corrected chi connectivity index (χ3v) is 3.77. The summed E-state index contributed by atoms with van der Waals surface area (Å²) < 4.78 is 1.00. The normalized spacial score (nSPS) is 10.7. The minimum Gasteiger partial charge on any atom is -0.375 e. The molecule has 2 aromatic heterocycles. The number of aromatic nitrogens is 2. The molecule has 3 nitrogen and oxygen atoms in total. The first-order valence-electron chi connectivity index (χ1n) is 5.52. The first-order chi connectivity index (χ1) is 8.19. The predicted molar refractivity (Wildman–Crippen MR) is 75.3 cm³/mol. The molecular weight excluding hydrogens is 298 g/mol. The maximum absolute atomic E-state index is 5.78. The Labute approximate surface area is 113 Å². The highest BCUT2D eigenvalue weighted by molar-refractivity contribution is 9.10. The Hall–Kier alpha value is -0.940. The van der Waals surface area contributed by atoms with Crippen molar-refractivity contribution in [3.8, 4) is 0 Å². The second kappa shape index (κ2) is 5.60. The SMILES string of the molecule is CCCc1nc(N)sc1Cc1cncc(Br)c1. The van der Waals surface area contributed by atoms with Gasteiger partial charge in [0.15, 0.2) is 5.13 Å². The fourth-order valence-corrected chi connectivity index (χ4v) is 3.04. The monoisotopic (exact) mass is 311 g/mol. The molecule has 2 rings (SSSR count). The predicted octanol–water partition coefficient (Wildman–Crippen LogP) is 3.43. The largest absolute Gasteiger partial charge is 0.375 e. The molecule has 0 radical (unpaired) electrons. The lowest BCUT2D eigenvalue weighted by Crippen LogP contribution is -1.93. The fourth-order valence-electron chi connectivity index (χ4n) is 1.71. The number of aryl methyl sites for hydroxylation is 1. The van der Waals surface area contributed by atoms with Crippen molar-refractivity contribution in [2.45, 2.75) is 26.2 Å². The van der Waals surface area contributed by atoms with E-state index < -0.39 is 0 Å². The average molecular weight is 312 g/mol. The first-order valence-corrected chi connectivity index (χ1v) is 7.13. The molecule has 0 saturated heterocycles. The van der Waals surface area contributed by atoms with Crippen LogP contribution in [0.25, 0.3) is 0 Å². The van der Waals surface area contributed by atoms with Gasteiger partial charge in [0.25, 0.3) is 0 Å². The van der Waals surface area contributed by atoms with E-state index in [0.717, 1.165) is 29.4 Å². The van der Waals surface area contributed by atoms with Gasteiger partial charge >= 0.3 is 0 Å². The topological polar surface area (TPSA) is 51.8 Å². The van der Waals surface area contributed by atoms with Gasteiger partial charge in [0, 0.05) is 28.2 Å². The third-order valence-electron chi connectivity index (χ3n) is 2.41. The van der Waals surface area contributed by atoms with Crippen molar-refractivity contribution in [1.82, 2.24) is 9.97 Å². The van der Waals surface area contributed by atoms with Crippen LogP contribution in [-0.4, -0.2) is 9.97 Å². The molecule has 0 aliphatic carbocycles. The van der Waals surface area contributed by atoms with Crippen molar-refractivity contribution in [1.29, 1.82) is 0 Å². The quantitative estimate of drug-likeness (QED) is 0.941. The number of rotatable bonds is 4. The van der Waals surface area contributed by atoms with Gasteiger partial charge < -0.3 is 5.73 Å². The number of nitrogens with two attached hydrogens (primary N) is 1. The van der Waals surface area contributed by atoms with Gasteiger partial charge in [-0.05, 0) is 34.0 Å². The summed E-state index contributed by atoms with van der Waals surface area (Å²) in [7, 11) is 0. The number of nitrogens with zero attached hydrogens (tertiary/aromatic N) is 2. The summed E-state index contributed by atoms with van der Waals surface area (Å²) in [5.41, 5.74) is 8.09. The van der Waals surface area contributed by atoms with E-state index in [1.165, 1.54) is 10.4 Å². The molecule has 0 unspecified atom stereocenters. The van der Waals surface area contributed by atoms with Gasteiger partial charge in [-0.15, -0.1) is 11.3 Å². The maximum Gasteiger partial charge on any atom is 0.180 e. The van der Waals surface area contributed by atoms with E-state index in [4.69, 9.17) is 5.73 Å². The first kappa shape index (κ1) is 12.5. The van der Waals surface area contributed by atoms with Crippen molar-refractivity contribution in [3.05, 3.63) is 39.1 Å². The Kier molecular flexibility index (Phi) is 4.12. The number of hydrogen-bond donors (Lipinski definition) is 1. The molecule has 0 fully saturated rings. The molecule has 2 N–H and O–H groups in total. The molecule has 0 aliphatic rings. The standard InChI is InChI=1S/C12H14BrN3S/c1-2-3-10-11(17-12(14)16-10)5-8-4-9(13)7-15-6-8/h4,6-7H,2-3,5H2,1H3,(H2,14,16). The molecule has 0 saturated carbocycles. The average Bonchev–Trinajstić information content (AvgIpc) is 2.59. The van der Waals surface area contributed by atoms with Gasteiger partial charge in [-0.1, -0.05) is 13.3 Å². The molecule has 0 aliphatic heterocycles. The summed E-state index contributed by atoms with van der Waals surface area (Å²) in [6.45, 7) is 2.15. The summed E-state index contributed by atoms with van der Waals surface area (Å²) in [5, 5.41) is 0.659. The number of halogens is 1. The Morgan fingerprint density at radius 2 is 2.24 bits per heavy atom. The Bertz CT molecular complexity index is 510. The van der Waals surface area contributed by atoms with E-state index in [9.17, 15) is 0 Å². The second-order valence-corrected chi connectivity index (χ2v) is 5.89. The van der Waals surface area contributed by atoms with E-state index in [2.05, 4.69) is 38.9 Å². The molecule has 17 heavy (non-hydrogen) atoms. The number of nitrogen functional groups attached to an aromatic ring is 1. The zero-order valence-electron chi connectivity index (χ0n) is 9.61. The lowest BCUT2D eigenvalue weighted by atomic mass is 10.1. The van der Waals surface area contributed by atoms with E-state index in [-0.39, 0.29) is 0 Å². The minimum absolute atomic E-state index is 0.659. The van der Waals surface area contributed by atoms with Crippen LogP contribution < -0.4 is 5.73 Å². The highest BCUT2D eigenvalue weighted by Gasteiger charge is 2.09. The van der Waals surface area contributed by atoms with Crippen molar-refractivity contribution < 1.29 is 0 Å². The van der Waals surface area contributed by atoms with Crippen LogP contribution in [0.1, 0.15) is 29.5 Å². The van der Waals surface area contributed by atoms with E-state index in [0.29, 0.717) is 5.13 Å². The highest BCUT2D eigenvalue weighted by Crippen LogP contribution is 2.25. The van der Waals surface area contributed by atoms with Gasteiger partial charge in [-0.25, -0.2) is 4.98 Å². The van der Waals surface area contributed by atoms with Crippen molar-refractivity contribution in [2.24, 2.45) is 0 Å².